The average molecular weight is 210 g/mol. The number of carboxylic acids is 1. The average Bonchev–Trinajstić information content (AvgIpc) is 1.97. The number of nitrogens with two attached hydrogens (primary N) is 1. The van der Waals surface area contributed by atoms with Gasteiger partial charge < -0.3 is 10.8 Å². The van der Waals surface area contributed by atoms with E-state index in [0.29, 0.717) is 13.0 Å². The third-order valence-electron chi connectivity index (χ3n) is 1.46. The molecule has 0 aromatic carbocycles. The molecule has 6 nitrogen and oxygen atoms in total. The van der Waals surface area contributed by atoms with E-state index < -0.39 is 21.7 Å². The molecule has 0 amide bonds. The summed E-state index contributed by atoms with van der Waals surface area (Å²) >= 11 is 0. The highest BCUT2D eigenvalue weighted by atomic mass is 32.2. The monoisotopic (exact) mass is 210 g/mol. The van der Waals surface area contributed by atoms with Crippen molar-refractivity contribution in [2.45, 2.75) is 6.42 Å². The Hall–Kier alpha value is -0.660. The minimum atomic E-state index is -3.65. The molecule has 0 aromatic rings. The number of nitrogens with zero attached hydrogens (tertiary/aromatic N) is 1. The molecule has 0 bridgehead atoms. The zero-order valence-electron chi connectivity index (χ0n) is 7.43. The highest BCUT2D eigenvalue weighted by Crippen LogP contribution is 1.98. The summed E-state index contributed by atoms with van der Waals surface area (Å²) in [4.78, 5) is 10.2. The van der Waals surface area contributed by atoms with E-state index in [2.05, 4.69) is 0 Å². The maximum Gasteiger partial charge on any atom is 0.320 e. The minimum absolute atomic E-state index is 0.256. The molecule has 0 aliphatic rings. The molecule has 0 aliphatic heterocycles. The van der Waals surface area contributed by atoms with E-state index in [1.54, 1.807) is 0 Å². The number of sulfonamides is 1. The van der Waals surface area contributed by atoms with Gasteiger partial charge in [0, 0.05) is 13.6 Å². The van der Waals surface area contributed by atoms with Crippen molar-refractivity contribution >= 4 is 16.0 Å². The zero-order chi connectivity index (χ0) is 10.5. The molecule has 0 unspecified atom stereocenters. The predicted octanol–water partition coefficient (Wildman–Crippen LogP) is -1.32. The number of rotatable bonds is 6. The molecule has 0 rings (SSSR count). The molecule has 0 heterocycles. The zero-order valence-corrected chi connectivity index (χ0v) is 8.25. The predicted molar refractivity (Wildman–Crippen MR) is 47.7 cm³/mol. The van der Waals surface area contributed by atoms with Crippen molar-refractivity contribution in [1.29, 1.82) is 0 Å². The lowest BCUT2D eigenvalue weighted by Crippen LogP contribution is -2.33. The van der Waals surface area contributed by atoms with Crippen LogP contribution in [0.25, 0.3) is 0 Å². The first-order valence-corrected chi connectivity index (χ1v) is 5.37. The van der Waals surface area contributed by atoms with E-state index in [-0.39, 0.29) is 6.54 Å². The lowest BCUT2D eigenvalue weighted by Gasteiger charge is -2.14. The van der Waals surface area contributed by atoms with E-state index in [4.69, 9.17) is 10.8 Å². The van der Waals surface area contributed by atoms with Gasteiger partial charge in [0.05, 0.1) is 0 Å². The Morgan fingerprint density at radius 1 is 1.54 bits per heavy atom. The van der Waals surface area contributed by atoms with Crippen LogP contribution in [-0.4, -0.2) is 49.7 Å². The van der Waals surface area contributed by atoms with Crippen molar-refractivity contribution < 1.29 is 18.3 Å². The van der Waals surface area contributed by atoms with Crippen molar-refractivity contribution in [1.82, 2.24) is 4.31 Å². The molecule has 7 heteroatoms. The molecule has 0 aromatic heterocycles. The second kappa shape index (κ2) is 5.15. The van der Waals surface area contributed by atoms with Crippen molar-refractivity contribution in [3.8, 4) is 0 Å². The van der Waals surface area contributed by atoms with Gasteiger partial charge >= 0.3 is 5.97 Å². The first-order chi connectivity index (χ1) is 5.90. The summed E-state index contributed by atoms with van der Waals surface area (Å²) in [7, 11) is -2.31. The molecule has 78 valence electrons. The fraction of sp³-hybridized carbons (Fsp3) is 0.833. The molecule has 0 saturated carbocycles. The summed E-state index contributed by atoms with van der Waals surface area (Å²) in [6.07, 6.45) is 0.523. The Labute approximate surface area is 77.4 Å². The standard InChI is InChI=1S/C6H14N2O4S/c1-8(4-2-3-7)13(11,12)5-6(9)10/h2-5,7H2,1H3,(H,9,10). The minimum Gasteiger partial charge on any atom is -0.480 e. The highest BCUT2D eigenvalue weighted by Gasteiger charge is 2.20. The van der Waals surface area contributed by atoms with Gasteiger partial charge in [-0.2, -0.15) is 0 Å². The summed E-state index contributed by atoms with van der Waals surface area (Å²) < 4.78 is 23.3. The van der Waals surface area contributed by atoms with Crippen LogP contribution in [0.5, 0.6) is 0 Å². The number of aliphatic carboxylic acids is 1. The molecule has 0 radical (unpaired) electrons. The molecule has 0 spiro atoms. The van der Waals surface area contributed by atoms with Gasteiger partial charge in [0.25, 0.3) is 0 Å². The smallest absolute Gasteiger partial charge is 0.320 e. The van der Waals surface area contributed by atoms with Gasteiger partial charge in [-0.1, -0.05) is 0 Å². The van der Waals surface area contributed by atoms with Crippen LogP contribution in [0.4, 0.5) is 0 Å². The molecule has 13 heavy (non-hydrogen) atoms. The fourth-order valence-electron chi connectivity index (χ4n) is 0.719. The van der Waals surface area contributed by atoms with Crippen molar-refractivity contribution in [2.24, 2.45) is 5.73 Å². The molecule has 0 fully saturated rings. The third kappa shape index (κ3) is 4.81. The summed E-state index contributed by atoms with van der Waals surface area (Å²) in [5, 5.41) is 8.29. The van der Waals surface area contributed by atoms with Gasteiger partial charge in [0.1, 0.15) is 0 Å². The lowest BCUT2D eigenvalue weighted by atomic mass is 10.4. The maximum absolute atomic E-state index is 11.2. The van der Waals surface area contributed by atoms with Crippen LogP contribution in [0.3, 0.4) is 0 Å². The SMILES string of the molecule is CN(CCCN)S(=O)(=O)CC(=O)O. The van der Waals surface area contributed by atoms with Crippen LogP contribution in [-0.2, 0) is 14.8 Å². The van der Waals surface area contributed by atoms with E-state index in [1.807, 2.05) is 0 Å². The van der Waals surface area contributed by atoms with Gasteiger partial charge in [0.2, 0.25) is 10.0 Å². The van der Waals surface area contributed by atoms with Crippen molar-refractivity contribution in [3.63, 3.8) is 0 Å². The van der Waals surface area contributed by atoms with Crippen LogP contribution >= 0.6 is 0 Å². The largest absolute Gasteiger partial charge is 0.480 e. The lowest BCUT2D eigenvalue weighted by molar-refractivity contribution is -0.134. The second-order valence-corrected chi connectivity index (χ2v) is 4.69. The topological polar surface area (TPSA) is 101 Å². The Morgan fingerprint density at radius 2 is 2.08 bits per heavy atom. The Morgan fingerprint density at radius 3 is 2.46 bits per heavy atom. The van der Waals surface area contributed by atoms with E-state index in [9.17, 15) is 13.2 Å². The van der Waals surface area contributed by atoms with Crippen molar-refractivity contribution in [3.05, 3.63) is 0 Å². The number of hydrogen-bond acceptors (Lipinski definition) is 4. The van der Waals surface area contributed by atoms with Crippen LogP contribution < -0.4 is 5.73 Å². The summed E-state index contributed by atoms with van der Waals surface area (Å²) in [5.41, 5.74) is 5.18. The molecule has 0 saturated heterocycles. The molecule has 0 aliphatic carbocycles. The van der Waals surface area contributed by atoms with E-state index >= 15 is 0 Å². The second-order valence-electron chi connectivity index (χ2n) is 2.61. The summed E-state index contributed by atoms with van der Waals surface area (Å²) in [6, 6.07) is 0. The number of hydrogen-bond donors (Lipinski definition) is 2. The van der Waals surface area contributed by atoms with Gasteiger partial charge in [-0.3, -0.25) is 4.79 Å². The number of carboxylic acid groups (broad SMARTS) is 1. The van der Waals surface area contributed by atoms with Crippen LogP contribution in [0.2, 0.25) is 0 Å². The van der Waals surface area contributed by atoms with E-state index in [0.717, 1.165) is 4.31 Å². The Balaban J connectivity index is 4.20. The van der Waals surface area contributed by atoms with Crippen LogP contribution in [0, 0.1) is 0 Å². The van der Waals surface area contributed by atoms with Gasteiger partial charge in [-0.25, -0.2) is 12.7 Å². The third-order valence-corrected chi connectivity index (χ3v) is 3.20. The molecule has 0 atom stereocenters. The highest BCUT2D eigenvalue weighted by molar-refractivity contribution is 7.89. The summed E-state index contributed by atoms with van der Waals surface area (Å²) in [6.45, 7) is 0.638. The van der Waals surface area contributed by atoms with Crippen molar-refractivity contribution in [2.75, 3.05) is 25.9 Å². The quantitative estimate of drug-likeness (QED) is 0.566. The first-order valence-electron chi connectivity index (χ1n) is 3.76. The molecular weight excluding hydrogens is 196 g/mol. The number of carbonyl (C=O) groups is 1. The maximum atomic E-state index is 11.2. The van der Waals surface area contributed by atoms with Gasteiger partial charge in [-0.05, 0) is 13.0 Å². The van der Waals surface area contributed by atoms with Crippen LogP contribution in [0.15, 0.2) is 0 Å². The summed E-state index contributed by atoms with van der Waals surface area (Å²) in [5.74, 6) is -2.21. The van der Waals surface area contributed by atoms with Crippen LogP contribution in [0.1, 0.15) is 6.42 Å². The molecular formula is C6H14N2O4S. The molecule has 3 N–H and O–H groups in total. The van der Waals surface area contributed by atoms with Gasteiger partial charge in [0.15, 0.2) is 5.75 Å². The Kier molecular flexibility index (Phi) is 4.89. The first kappa shape index (κ1) is 12.3. The van der Waals surface area contributed by atoms with Gasteiger partial charge in [-0.15, -0.1) is 0 Å². The normalized spacial score (nSPS) is 11.9. The Bertz CT molecular complexity index is 262. The fourth-order valence-corrected chi connectivity index (χ4v) is 1.66. The van der Waals surface area contributed by atoms with E-state index in [1.165, 1.54) is 7.05 Å².